The van der Waals surface area contributed by atoms with E-state index in [9.17, 15) is 10.1 Å². The van der Waals surface area contributed by atoms with Gasteiger partial charge in [0, 0.05) is 24.9 Å². The molecule has 0 amide bonds. The first-order valence-electron chi connectivity index (χ1n) is 6.22. The molecule has 1 aliphatic rings. The molecule has 0 radical (unpaired) electrons. The van der Waals surface area contributed by atoms with Crippen molar-refractivity contribution in [2.24, 2.45) is 0 Å². The number of benzene rings is 2. The number of nitro benzene ring substituents is 1. The van der Waals surface area contributed by atoms with Crippen LogP contribution in [0, 0.1) is 10.1 Å². The van der Waals surface area contributed by atoms with E-state index in [0.717, 1.165) is 17.7 Å². The van der Waals surface area contributed by atoms with Gasteiger partial charge in [0.15, 0.2) is 0 Å². The topological polar surface area (TPSA) is 46.4 Å². The zero-order chi connectivity index (χ0) is 13.4. The Bertz CT molecular complexity index is 625. The molecule has 2 aromatic rings. The Kier molecular flexibility index (Phi) is 2.71. The van der Waals surface area contributed by atoms with Crippen molar-refractivity contribution in [3.8, 4) is 0 Å². The fourth-order valence-electron chi connectivity index (χ4n) is 2.72. The third-order valence-electron chi connectivity index (χ3n) is 3.72. The van der Waals surface area contributed by atoms with E-state index in [0.29, 0.717) is 0 Å². The Morgan fingerprint density at radius 3 is 2.63 bits per heavy atom. The van der Waals surface area contributed by atoms with Crippen molar-refractivity contribution in [1.29, 1.82) is 0 Å². The minimum atomic E-state index is -0.337. The summed E-state index contributed by atoms with van der Waals surface area (Å²) in [6.07, 6.45) is 0.817. The van der Waals surface area contributed by atoms with Crippen molar-refractivity contribution in [1.82, 2.24) is 0 Å². The SMILES string of the molecule is CN1c2ccc([N+](=O)[O-])cc2CC1c1ccccc1. The fraction of sp³-hybridized carbons (Fsp3) is 0.200. The van der Waals surface area contributed by atoms with Crippen LogP contribution in [0.3, 0.4) is 0 Å². The van der Waals surface area contributed by atoms with E-state index < -0.39 is 0 Å². The van der Waals surface area contributed by atoms with Gasteiger partial charge in [-0.1, -0.05) is 30.3 Å². The van der Waals surface area contributed by atoms with Crippen LogP contribution in [-0.4, -0.2) is 12.0 Å². The van der Waals surface area contributed by atoms with Gasteiger partial charge in [0.25, 0.3) is 5.69 Å². The number of rotatable bonds is 2. The molecule has 1 aliphatic heterocycles. The fourth-order valence-corrected chi connectivity index (χ4v) is 2.72. The quantitative estimate of drug-likeness (QED) is 0.610. The van der Waals surface area contributed by atoms with Crippen LogP contribution in [0.5, 0.6) is 0 Å². The molecule has 0 spiro atoms. The van der Waals surface area contributed by atoms with Gasteiger partial charge in [-0.05, 0) is 23.6 Å². The van der Waals surface area contributed by atoms with E-state index >= 15 is 0 Å². The maximum Gasteiger partial charge on any atom is 0.269 e. The molecule has 0 saturated heterocycles. The number of fused-ring (bicyclic) bond motifs is 1. The van der Waals surface area contributed by atoms with E-state index in [-0.39, 0.29) is 16.7 Å². The number of anilines is 1. The van der Waals surface area contributed by atoms with Gasteiger partial charge in [0.1, 0.15) is 0 Å². The summed E-state index contributed by atoms with van der Waals surface area (Å²) in [6, 6.07) is 15.6. The second-order valence-corrected chi connectivity index (χ2v) is 4.81. The highest BCUT2D eigenvalue weighted by molar-refractivity contribution is 5.63. The minimum absolute atomic E-state index is 0.167. The Hall–Kier alpha value is -2.36. The molecule has 2 aromatic carbocycles. The number of hydrogen-bond acceptors (Lipinski definition) is 3. The van der Waals surface area contributed by atoms with Crippen LogP contribution in [0.25, 0.3) is 0 Å². The molecular weight excluding hydrogens is 240 g/mol. The average molecular weight is 254 g/mol. The molecule has 0 saturated carbocycles. The van der Waals surface area contributed by atoms with E-state index in [4.69, 9.17) is 0 Å². The predicted molar refractivity (Wildman–Crippen MR) is 74.4 cm³/mol. The smallest absolute Gasteiger partial charge is 0.269 e. The summed E-state index contributed by atoms with van der Waals surface area (Å²) in [4.78, 5) is 12.7. The number of likely N-dealkylation sites (N-methyl/N-ethyl adjacent to an activating group) is 1. The van der Waals surface area contributed by atoms with Crippen LogP contribution >= 0.6 is 0 Å². The largest absolute Gasteiger partial charge is 0.367 e. The summed E-state index contributed by atoms with van der Waals surface area (Å²) < 4.78 is 0. The average Bonchev–Trinajstić information content (AvgIpc) is 2.76. The van der Waals surface area contributed by atoms with Gasteiger partial charge in [-0.15, -0.1) is 0 Å². The van der Waals surface area contributed by atoms with Gasteiger partial charge in [-0.2, -0.15) is 0 Å². The zero-order valence-electron chi connectivity index (χ0n) is 10.6. The molecule has 19 heavy (non-hydrogen) atoms. The molecule has 1 atom stereocenters. The summed E-state index contributed by atoms with van der Waals surface area (Å²) in [6.45, 7) is 0. The number of non-ortho nitro benzene ring substituents is 1. The Morgan fingerprint density at radius 1 is 1.21 bits per heavy atom. The van der Waals surface area contributed by atoms with Gasteiger partial charge < -0.3 is 4.90 Å². The first kappa shape index (κ1) is 11.7. The lowest BCUT2D eigenvalue weighted by atomic mass is 10.0. The molecule has 0 bridgehead atoms. The highest BCUT2D eigenvalue weighted by Gasteiger charge is 2.28. The Balaban J connectivity index is 1.97. The maximum absolute atomic E-state index is 10.8. The molecule has 0 aromatic heterocycles. The summed E-state index contributed by atoms with van der Waals surface area (Å²) in [5.41, 5.74) is 3.54. The van der Waals surface area contributed by atoms with E-state index in [1.165, 1.54) is 5.56 Å². The summed E-state index contributed by atoms with van der Waals surface area (Å²) in [7, 11) is 2.04. The second-order valence-electron chi connectivity index (χ2n) is 4.81. The second kappa shape index (κ2) is 4.39. The molecule has 0 fully saturated rings. The van der Waals surface area contributed by atoms with Gasteiger partial charge in [-0.3, -0.25) is 10.1 Å². The molecule has 4 nitrogen and oxygen atoms in total. The third kappa shape index (κ3) is 1.95. The van der Waals surface area contributed by atoms with Crippen LogP contribution in [-0.2, 0) is 6.42 Å². The lowest BCUT2D eigenvalue weighted by molar-refractivity contribution is -0.384. The van der Waals surface area contributed by atoms with Crippen LogP contribution in [0.1, 0.15) is 17.2 Å². The van der Waals surface area contributed by atoms with Crippen LogP contribution in [0.4, 0.5) is 11.4 Å². The van der Waals surface area contributed by atoms with Gasteiger partial charge in [0.2, 0.25) is 0 Å². The molecular formula is C15H14N2O2. The molecule has 1 heterocycles. The molecule has 96 valence electrons. The number of nitrogens with zero attached hydrogens (tertiary/aromatic N) is 2. The van der Waals surface area contributed by atoms with Crippen LogP contribution in [0.15, 0.2) is 48.5 Å². The number of hydrogen-bond donors (Lipinski definition) is 0. The first-order chi connectivity index (χ1) is 9.16. The lowest BCUT2D eigenvalue weighted by Gasteiger charge is -2.22. The zero-order valence-corrected chi connectivity index (χ0v) is 10.6. The predicted octanol–water partition coefficient (Wildman–Crippen LogP) is 3.33. The Morgan fingerprint density at radius 2 is 1.95 bits per heavy atom. The normalized spacial score (nSPS) is 17.3. The van der Waals surface area contributed by atoms with Crippen LogP contribution in [0.2, 0.25) is 0 Å². The maximum atomic E-state index is 10.8. The van der Waals surface area contributed by atoms with E-state index in [1.807, 2.05) is 31.3 Å². The first-order valence-corrected chi connectivity index (χ1v) is 6.22. The molecule has 1 unspecified atom stereocenters. The van der Waals surface area contributed by atoms with Crippen molar-refractivity contribution in [2.45, 2.75) is 12.5 Å². The van der Waals surface area contributed by atoms with Gasteiger partial charge in [0.05, 0.1) is 11.0 Å². The van der Waals surface area contributed by atoms with Gasteiger partial charge >= 0.3 is 0 Å². The van der Waals surface area contributed by atoms with Crippen molar-refractivity contribution in [2.75, 3.05) is 11.9 Å². The molecule has 3 rings (SSSR count). The molecule has 0 aliphatic carbocycles. The highest BCUT2D eigenvalue weighted by Crippen LogP contribution is 2.40. The van der Waals surface area contributed by atoms with Crippen molar-refractivity contribution < 1.29 is 4.92 Å². The molecule has 4 heteroatoms. The molecule has 0 N–H and O–H groups in total. The number of nitro groups is 1. The summed E-state index contributed by atoms with van der Waals surface area (Å²) in [5, 5.41) is 10.8. The van der Waals surface area contributed by atoms with Gasteiger partial charge in [-0.25, -0.2) is 0 Å². The highest BCUT2D eigenvalue weighted by atomic mass is 16.6. The minimum Gasteiger partial charge on any atom is -0.367 e. The standard InChI is InChI=1S/C15H14N2O2/c1-16-14-8-7-13(17(18)19)9-12(14)10-15(16)11-5-3-2-4-6-11/h2-9,15H,10H2,1H3. The summed E-state index contributed by atoms with van der Waals surface area (Å²) in [5.74, 6) is 0. The van der Waals surface area contributed by atoms with E-state index in [2.05, 4.69) is 17.0 Å². The van der Waals surface area contributed by atoms with Crippen LogP contribution < -0.4 is 4.90 Å². The third-order valence-corrected chi connectivity index (χ3v) is 3.72. The lowest BCUT2D eigenvalue weighted by Crippen LogP contribution is -2.19. The van der Waals surface area contributed by atoms with Crippen molar-refractivity contribution in [3.63, 3.8) is 0 Å². The Labute approximate surface area is 111 Å². The summed E-state index contributed by atoms with van der Waals surface area (Å²) >= 11 is 0. The van der Waals surface area contributed by atoms with Crippen molar-refractivity contribution in [3.05, 3.63) is 69.8 Å². The monoisotopic (exact) mass is 254 g/mol. The van der Waals surface area contributed by atoms with Crippen molar-refractivity contribution >= 4 is 11.4 Å². The van der Waals surface area contributed by atoms with E-state index in [1.54, 1.807) is 12.1 Å².